The summed E-state index contributed by atoms with van der Waals surface area (Å²) in [5, 5.41) is 12.4. The topological polar surface area (TPSA) is 86.7 Å². The number of hydrogen-bond acceptors (Lipinski definition) is 3. The highest BCUT2D eigenvalue weighted by atomic mass is 35.5. The highest BCUT2D eigenvalue weighted by Crippen LogP contribution is 2.23. The standard InChI is InChI=1S/C17H21ClN2O4/c1-11(21)19-15(12-2-4-14(18)5-3-12)10-16(22)20-8-6-13(7-9-20)17(23)24/h2-5,13,15H,6-10H2,1H3,(H,19,21)(H,23,24)/t15-/m1/s1. The Morgan fingerprint density at radius 1 is 1.25 bits per heavy atom. The molecule has 24 heavy (non-hydrogen) atoms. The summed E-state index contributed by atoms with van der Waals surface area (Å²) in [7, 11) is 0. The van der Waals surface area contributed by atoms with E-state index in [0.717, 1.165) is 5.56 Å². The van der Waals surface area contributed by atoms with E-state index >= 15 is 0 Å². The molecule has 0 aromatic heterocycles. The van der Waals surface area contributed by atoms with Crippen LogP contribution in [0.2, 0.25) is 5.02 Å². The van der Waals surface area contributed by atoms with Gasteiger partial charge in [0.25, 0.3) is 0 Å². The van der Waals surface area contributed by atoms with Gasteiger partial charge in [0, 0.05) is 25.0 Å². The molecular formula is C17H21ClN2O4. The third kappa shape index (κ3) is 4.96. The summed E-state index contributed by atoms with van der Waals surface area (Å²) in [5.74, 6) is -1.49. The van der Waals surface area contributed by atoms with Crippen LogP contribution in [0.25, 0.3) is 0 Å². The normalized spacial score (nSPS) is 16.5. The molecule has 0 saturated carbocycles. The van der Waals surface area contributed by atoms with Crippen molar-refractivity contribution in [3.05, 3.63) is 34.9 Å². The average molecular weight is 353 g/mol. The van der Waals surface area contributed by atoms with Gasteiger partial charge in [0.05, 0.1) is 18.4 Å². The molecule has 0 bridgehead atoms. The van der Waals surface area contributed by atoms with Crippen molar-refractivity contribution in [3.8, 4) is 0 Å². The molecule has 1 aromatic rings. The van der Waals surface area contributed by atoms with Gasteiger partial charge in [-0.2, -0.15) is 0 Å². The zero-order valence-corrected chi connectivity index (χ0v) is 14.3. The SMILES string of the molecule is CC(=O)N[C@H](CC(=O)N1CCC(C(=O)O)CC1)c1ccc(Cl)cc1. The number of benzene rings is 1. The molecule has 1 atom stereocenters. The number of likely N-dealkylation sites (tertiary alicyclic amines) is 1. The summed E-state index contributed by atoms with van der Waals surface area (Å²) in [6.07, 6.45) is 1.07. The monoisotopic (exact) mass is 352 g/mol. The number of carboxylic acids is 1. The Labute approximate surface area is 145 Å². The molecule has 0 radical (unpaired) electrons. The molecule has 0 spiro atoms. The van der Waals surface area contributed by atoms with E-state index in [9.17, 15) is 14.4 Å². The minimum Gasteiger partial charge on any atom is -0.481 e. The zero-order chi connectivity index (χ0) is 17.7. The number of aliphatic carboxylic acids is 1. The van der Waals surface area contributed by atoms with Crippen LogP contribution < -0.4 is 5.32 Å². The van der Waals surface area contributed by atoms with Crippen LogP contribution in [-0.4, -0.2) is 40.9 Å². The van der Waals surface area contributed by atoms with Crippen molar-refractivity contribution in [1.82, 2.24) is 10.2 Å². The van der Waals surface area contributed by atoms with E-state index in [-0.39, 0.29) is 24.2 Å². The summed E-state index contributed by atoms with van der Waals surface area (Å²) in [6, 6.07) is 6.58. The molecular weight excluding hydrogens is 332 g/mol. The van der Waals surface area contributed by atoms with Gasteiger partial charge in [-0.15, -0.1) is 0 Å². The Hall–Kier alpha value is -2.08. The lowest BCUT2D eigenvalue weighted by Gasteiger charge is -2.31. The molecule has 2 amide bonds. The first-order valence-corrected chi connectivity index (χ1v) is 8.27. The minimum atomic E-state index is -0.806. The number of piperidine rings is 1. The van der Waals surface area contributed by atoms with Crippen molar-refractivity contribution in [2.45, 2.75) is 32.2 Å². The Bertz CT molecular complexity index is 610. The quantitative estimate of drug-likeness (QED) is 0.850. The van der Waals surface area contributed by atoms with E-state index in [2.05, 4.69) is 5.32 Å². The molecule has 1 fully saturated rings. The molecule has 0 aliphatic carbocycles. The second-order valence-corrected chi connectivity index (χ2v) is 6.44. The Balaban J connectivity index is 2.01. The molecule has 2 rings (SSSR count). The Morgan fingerprint density at radius 3 is 2.33 bits per heavy atom. The molecule has 1 aliphatic rings. The zero-order valence-electron chi connectivity index (χ0n) is 13.5. The summed E-state index contributed by atoms with van der Waals surface area (Å²) < 4.78 is 0. The van der Waals surface area contributed by atoms with E-state index < -0.39 is 12.0 Å². The number of hydrogen-bond donors (Lipinski definition) is 2. The van der Waals surface area contributed by atoms with Crippen LogP contribution in [0.4, 0.5) is 0 Å². The third-order valence-corrected chi connectivity index (χ3v) is 4.48. The van der Waals surface area contributed by atoms with Gasteiger partial charge in [-0.1, -0.05) is 23.7 Å². The van der Waals surface area contributed by atoms with Crippen molar-refractivity contribution >= 4 is 29.4 Å². The molecule has 0 unspecified atom stereocenters. The second-order valence-electron chi connectivity index (χ2n) is 6.00. The predicted molar refractivity (Wildman–Crippen MR) is 89.6 cm³/mol. The summed E-state index contributed by atoms with van der Waals surface area (Å²) in [6.45, 7) is 2.28. The first-order chi connectivity index (χ1) is 11.4. The van der Waals surface area contributed by atoms with Gasteiger partial charge < -0.3 is 15.3 Å². The van der Waals surface area contributed by atoms with Gasteiger partial charge in [0.2, 0.25) is 11.8 Å². The lowest BCUT2D eigenvalue weighted by atomic mass is 9.96. The van der Waals surface area contributed by atoms with Gasteiger partial charge in [0.1, 0.15) is 0 Å². The summed E-state index contributed by atoms with van der Waals surface area (Å²) in [4.78, 5) is 36.6. The van der Waals surface area contributed by atoms with Crippen molar-refractivity contribution in [3.63, 3.8) is 0 Å². The maximum absolute atomic E-state index is 12.5. The van der Waals surface area contributed by atoms with Crippen LogP contribution in [-0.2, 0) is 14.4 Å². The molecule has 1 saturated heterocycles. The van der Waals surface area contributed by atoms with Gasteiger partial charge in [0.15, 0.2) is 0 Å². The lowest BCUT2D eigenvalue weighted by molar-refractivity contribution is -0.146. The van der Waals surface area contributed by atoms with Gasteiger partial charge in [-0.3, -0.25) is 14.4 Å². The predicted octanol–water partition coefficient (Wildman–Crippen LogP) is 2.23. The van der Waals surface area contributed by atoms with E-state index in [1.807, 2.05) is 0 Å². The number of carboxylic acid groups (broad SMARTS) is 1. The third-order valence-electron chi connectivity index (χ3n) is 4.23. The van der Waals surface area contributed by atoms with Crippen LogP contribution in [0, 0.1) is 5.92 Å². The fourth-order valence-electron chi connectivity index (χ4n) is 2.87. The highest BCUT2D eigenvalue weighted by molar-refractivity contribution is 6.30. The number of rotatable bonds is 5. The van der Waals surface area contributed by atoms with Crippen molar-refractivity contribution in [2.75, 3.05) is 13.1 Å². The van der Waals surface area contributed by atoms with E-state index in [4.69, 9.17) is 16.7 Å². The van der Waals surface area contributed by atoms with Crippen LogP contribution >= 0.6 is 11.6 Å². The fraction of sp³-hybridized carbons (Fsp3) is 0.471. The number of halogens is 1. The Kier molecular flexibility index (Phi) is 6.20. The molecule has 1 aromatic carbocycles. The van der Waals surface area contributed by atoms with Crippen LogP contribution in [0.15, 0.2) is 24.3 Å². The molecule has 1 heterocycles. The number of nitrogens with one attached hydrogen (secondary N) is 1. The largest absolute Gasteiger partial charge is 0.481 e. The molecule has 130 valence electrons. The molecule has 1 aliphatic heterocycles. The van der Waals surface area contributed by atoms with E-state index in [1.54, 1.807) is 29.2 Å². The van der Waals surface area contributed by atoms with Gasteiger partial charge in [-0.05, 0) is 30.5 Å². The lowest BCUT2D eigenvalue weighted by Crippen LogP contribution is -2.42. The fourth-order valence-corrected chi connectivity index (χ4v) is 3.00. The first-order valence-electron chi connectivity index (χ1n) is 7.90. The number of nitrogens with zero attached hydrogens (tertiary/aromatic N) is 1. The first kappa shape index (κ1) is 18.3. The average Bonchev–Trinajstić information content (AvgIpc) is 2.54. The van der Waals surface area contributed by atoms with Crippen LogP contribution in [0.5, 0.6) is 0 Å². The van der Waals surface area contributed by atoms with Crippen LogP contribution in [0.1, 0.15) is 37.8 Å². The van der Waals surface area contributed by atoms with Crippen LogP contribution in [0.3, 0.4) is 0 Å². The molecule has 7 heteroatoms. The molecule has 6 nitrogen and oxygen atoms in total. The maximum atomic E-state index is 12.5. The van der Waals surface area contributed by atoms with E-state index in [0.29, 0.717) is 31.0 Å². The van der Waals surface area contributed by atoms with Gasteiger partial charge in [-0.25, -0.2) is 0 Å². The van der Waals surface area contributed by atoms with Crippen molar-refractivity contribution in [1.29, 1.82) is 0 Å². The molecule has 2 N–H and O–H groups in total. The highest BCUT2D eigenvalue weighted by Gasteiger charge is 2.28. The van der Waals surface area contributed by atoms with Gasteiger partial charge >= 0.3 is 5.97 Å². The minimum absolute atomic E-state index is 0.0902. The maximum Gasteiger partial charge on any atom is 0.306 e. The second kappa shape index (κ2) is 8.15. The van der Waals surface area contributed by atoms with Crippen molar-refractivity contribution < 1.29 is 19.5 Å². The summed E-state index contributed by atoms with van der Waals surface area (Å²) in [5.41, 5.74) is 0.809. The summed E-state index contributed by atoms with van der Waals surface area (Å²) >= 11 is 5.88. The van der Waals surface area contributed by atoms with E-state index in [1.165, 1.54) is 6.92 Å². The number of carbonyl (C=O) groups is 3. The Morgan fingerprint density at radius 2 is 1.83 bits per heavy atom. The smallest absolute Gasteiger partial charge is 0.306 e. The number of amides is 2. The van der Waals surface area contributed by atoms with Crippen molar-refractivity contribution in [2.24, 2.45) is 5.92 Å². The number of carbonyl (C=O) groups excluding carboxylic acids is 2.